The Morgan fingerprint density at radius 2 is 1.82 bits per heavy atom. The summed E-state index contributed by atoms with van der Waals surface area (Å²) in [5, 5.41) is 0.901. The average Bonchev–Trinajstić information content (AvgIpc) is 1.53. The van der Waals surface area contributed by atoms with Gasteiger partial charge in [0.15, 0.2) is 0 Å². The zero-order valence-corrected chi connectivity index (χ0v) is 8.05. The fourth-order valence-corrected chi connectivity index (χ4v) is 3.20. The lowest BCUT2D eigenvalue weighted by atomic mass is 9.34. The number of halogens is 3. The van der Waals surface area contributed by atoms with Gasteiger partial charge in [-0.2, -0.15) is 0 Å². The summed E-state index contributed by atoms with van der Waals surface area (Å²) in [6, 6.07) is 0. The first kappa shape index (κ1) is 7.96. The molecular weight excluding hydrogens is 214 g/mol. The van der Waals surface area contributed by atoms with E-state index in [-0.39, 0.29) is 5.41 Å². The van der Waals surface area contributed by atoms with Gasteiger partial charge >= 0.3 is 0 Å². The van der Waals surface area contributed by atoms with E-state index in [4.69, 9.17) is 0 Å². The van der Waals surface area contributed by atoms with Gasteiger partial charge in [-0.3, -0.25) is 0 Å². The van der Waals surface area contributed by atoms with Gasteiger partial charge in [0.05, 0.1) is 0 Å². The van der Waals surface area contributed by atoms with Gasteiger partial charge in [-0.15, -0.1) is 0 Å². The summed E-state index contributed by atoms with van der Waals surface area (Å²) in [5.41, 5.74) is -0.333. The monoisotopic (exact) mass is 224 g/mol. The maximum Gasteiger partial charge on any atom is 0.250 e. The van der Waals surface area contributed by atoms with Gasteiger partial charge in [0.25, 0.3) is 5.92 Å². The fourth-order valence-electron chi connectivity index (χ4n) is 2.61. The summed E-state index contributed by atoms with van der Waals surface area (Å²) >= 11 is 3.37. The van der Waals surface area contributed by atoms with Crippen molar-refractivity contribution in [1.29, 1.82) is 0 Å². The second-order valence-corrected chi connectivity index (χ2v) is 4.89. The molecule has 3 fully saturated rings. The molecule has 3 saturated carbocycles. The molecule has 0 aromatic rings. The SMILES string of the molecule is CC(F)(F)C12CC(CBr)(C1)C2. The summed E-state index contributed by atoms with van der Waals surface area (Å²) in [6.45, 7) is 1.06. The van der Waals surface area contributed by atoms with Gasteiger partial charge < -0.3 is 0 Å². The van der Waals surface area contributed by atoms with Crippen LogP contribution in [0.4, 0.5) is 8.78 Å². The summed E-state index contributed by atoms with van der Waals surface area (Å²) in [5.74, 6) is -2.45. The van der Waals surface area contributed by atoms with Crippen molar-refractivity contribution in [2.75, 3.05) is 5.33 Å². The second-order valence-electron chi connectivity index (χ2n) is 4.33. The highest BCUT2D eigenvalue weighted by molar-refractivity contribution is 9.09. The Kier molecular flexibility index (Phi) is 1.31. The molecule has 0 heterocycles. The first-order valence-corrected chi connectivity index (χ1v) is 4.99. The number of hydrogen-bond donors (Lipinski definition) is 0. The Bertz CT molecular complexity index is 175. The predicted molar refractivity (Wildman–Crippen MR) is 43.1 cm³/mol. The van der Waals surface area contributed by atoms with Gasteiger partial charge in [-0.05, 0) is 31.6 Å². The lowest BCUT2D eigenvalue weighted by Crippen LogP contribution is -2.69. The van der Waals surface area contributed by atoms with E-state index in [0.717, 1.165) is 31.5 Å². The van der Waals surface area contributed by atoms with Crippen molar-refractivity contribution in [3.8, 4) is 0 Å². The number of alkyl halides is 3. The minimum atomic E-state index is -2.45. The quantitative estimate of drug-likeness (QED) is 0.633. The molecule has 0 aromatic carbocycles. The molecule has 0 spiro atoms. The normalized spacial score (nSPS) is 48.0. The van der Waals surface area contributed by atoms with Crippen LogP contribution >= 0.6 is 15.9 Å². The molecule has 0 saturated heterocycles. The van der Waals surface area contributed by atoms with Crippen molar-refractivity contribution >= 4 is 15.9 Å². The van der Waals surface area contributed by atoms with Crippen LogP contribution in [0.3, 0.4) is 0 Å². The highest BCUT2D eigenvalue weighted by atomic mass is 79.9. The van der Waals surface area contributed by atoms with E-state index in [2.05, 4.69) is 15.9 Å². The molecule has 0 unspecified atom stereocenters. The molecule has 0 aromatic heterocycles. The average molecular weight is 225 g/mol. The van der Waals surface area contributed by atoms with Crippen molar-refractivity contribution in [3.05, 3.63) is 0 Å². The standard InChI is InChI=1S/C8H11BrF2/c1-6(10,11)8-2-7(3-8,4-8)5-9/h2-5H2,1H3. The zero-order valence-electron chi connectivity index (χ0n) is 6.46. The molecule has 3 rings (SSSR count). The maximum absolute atomic E-state index is 12.9. The maximum atomic E-state index is 12.9. The molecule has 64 valence electrons. The van der Waals surface area contributed by atoms with Crippen LogP contribution in [0.25, 0.3) is 0 Å². The lowest BCUT2D eigenvalue weighted by Gasteiger charge is -2.72. The topological polar surface area (TPSA) is 0 Å². The van der Waals surface area contributed by atoms with Crippen LogP contribution in [-0.2, 0) is 0 Å². The molecule has 3 aliphatic rings. The molecule has 3 heteroatoms. The fraction of sp³-hybridized carbons (Fsp3) is 1.00. The van der Waals surface area contributed by atoms with Crippen molar-refractivity contribution in [3.63, 3.8) is 0 Å². The van der Waals surface area contributed by atoms with Crippen molar-refractivity contribution in [2.24, 2.45) is 10.8 Å². The first-order chi connectivity index (χ1) is 4.93. The van der Waals surface area contributed by atoms with E-state index in [0.29, 0.717) is 0 Å². The van der Waals surface area contributed by atoms with Gasteiger partial charge in [-0.25, -0.2) is 8.78 Å². The van der Waals surface area contributed by atoms with E-state index in [1.54, 1.807) is 0 Å². The van der Waals surface area contributed by atoms with E-state index in [1.807, 2.05) is 0 Å². The van der Waals surface area contributed by atoms with Crippen LogP contribution in [0.2, 0.25) is 0 Å². The molecule has 11 heavy (non-hydrogen) atoms. The Morgan fingerprint density at radius 3 is 2.09 bits per heavy atom. The lowest BCUT2D eigenvalue weighted by molar-refractivity contribution is -0.299. The molecule has 0 radical (unpaired) electrons. The van der Waals surface area contributed by atoms with Crippen LogP contribution < -0.4 is 0 Å². The van der Waals surface area contributed by atoms with Crippen molar-refractivity contribution < 1.29 is 8.78 Å². The van der Waals surface area contributed by atoms with Crippen molar-refractivity contribution in [1.82, 2.24) is 0 Å². The summed E-state index contributed by atoms with van der Waals surface area (Å²) in [7, 11) is 0. The second kappa shape index (κ2) is 1.81. The first-order valence-electron chi connectivity index (χ1n) is 3.87. The van der Waals surface area contributed by atoms with E-state index in [9.17, 15) is 8.78 Å². The van der Waals surface area contributed by atoms with Crippen LogP contribution in [-0.4, -0.2) is 11.3 Å². The summed E-state index contributed by atoms with van der Waals surface area (Å²) in [6.07, 6.45) is 2.19. The number of hydrogen-bond acceptors (Lipinski definition) is 0. The van der Waals surface area contributed by atoms with E-state index >= 15 is 0 Å². The molecule has 2 bridgehead atoms. The Hall–Kier alpha value is 0.340. The number of rotatable bonds is 2. The molecule has 0 N–H and O–H groups in total. The zero-order chi connectivity index (χ0) is 8.33. The Balaban J connectivity index is 2.04. The van der Waals surface area contributed by atoms with Crippen LogP contribution in [0.15, 0.2) is 0 Å². The van der Waals surface area contributed by atoms with Crippen molar-refractivity contribution in [2.45, 2.75) is 32.1 Å². The summed E-state index contributed by atoms with van der Waals surface area (Å²) in [4.78, 5) is 0. The highest BCUT2D eigenvalue weighted by Gasteiger charge is 2.74. The smallest absolute Gasteiger partial charge is 0.207 e. The van der Waals surface area contributed by atoms with Gasteiger partial charge in [0.1, 0.15) is 0 Å². The van der Waals surface area contributed by atoms with Crippen LogP contribution in [0.5, 0.6) is 0 Å². The molecule has 0 atom stereocenters. The Labute approximate surface area is 73.5 Å². The van der Waals surface area contributed by atoms with Crippen LogP contribution in [0, 0.1) is 10.8 Å². The molecule has 0 aliphatic heterocycles. The Morgan fingerprint density at radius 1 is 1.36 bits per heavy atom. The van der Waals surface area contributed by atoms with Gasteiger partial charge in [0.2, 0.25) is 0 Å². The third kappa shape index (κ3) is 0.781. The third-order valence-corrected chi connectivity index (χ3v) is 4.54. The largest absolute Gasteiger partial charge is 0.250 e. The third-order valence-electron chi connectivity index (χ3n) is 3.35. The minimum Gasteiger partial charge on any atom is -0.207 e. The highest BCUT2D eigenvalue weighted by Crippen LogP contribution is 2.78. The molecule has 0 amide bonds. The molecule has 3 aliphatic carbocycles. The summed E-state index contributed by atoms with van der Waals surface area (Å²) < 4.78 is 25.8. The van der Waals surface area contributed by atoms with Gasteiger partial charge in [-0.1, -0.05) is 15.9 Å². The van der Waals surface area contributed by atoms with Crippen LogP contribution in [0.1, 0.15) is 26.2 Å². The molecular formula is C8H11BrF2. The predicted octanol–water partition coefficient (Wildman–Crippen LogP) is 3.21. The van der Waals surface area contributed by atoms with Gasteiger partial charge in [0, 0.05) is 10.7 Å². The van der Waals surface area contributed by atoms with E-state index in [1.165, 1.54) is 0 Å². The van der Waals surface area contributed by atoms with E-state index < -0.39 is 11.3 Å². The molecule has 0 nitrogen and oxygen atoms in total. The minimum absolute atomic E-state index is 0.263.